The Labute approximate surface area is 106 Å². The molecule has 6 heteroatoms. The molecule has 0 unspecified atom stereocenters. The van der Waals surface area contributed by atoms with Crippen LogP contribution in [0.3, 0.4) is 0 Å². The van der Waals surface area contributed by atoms with E-state index in [1.807, 2.05) is 24.3 Å². The summed E-state index contributed by atoms with van der Waals surface area (Å²) in [6.07, 6.45) is 0.969. The van der Waals surface area contributed by atoms with Crippen molar-refractivity contribution >= 4 is 15.9 Å². The molecule has 5 nitrogen and oxygen atoms in total. The van der Waals surface area contributed by atoms with E-state index >= 15 is 0 Å². The largest absolute Gasteiger partial charge is 0.494 e. The van der Waals surface area contributed by atoms with Crippen LogP contribution in [0.1, 0.15) is 13.3 Å². The maximum atomic E-state index is 11.1. The van der Waals surface area contributed by atoms with Crippen LogP contribution in [0.25, 0.3) is 5.69 Å². The lowest BCUT2D eigenvalue weighted by Crippen LogP contribution is -2.34. The number of H-pyrrole nitrogens is 1. The Morgan fingerprint density at radius 3 is 2.65 bits per heavy atom. The third-order valence-electron chi connectivity index (χ3n) is 2.16. The van der Waals surface area contributed by atoms with Crippen LogP contribution in [0, 0.1) is 0 Å². The molecule has 0 aliphatic heterocycles. The van der Waals surface area contributed by atoms with Crippen LogP contribution in [0.15, 0.2) is 38.2 Å². The number of halogens is 1. The molecule has 1 N–H and O–H groups in total. The summed E-state index contributed by atoms with van der Waals surface area (Å²) in [4.78, 5) is 11.1. The summed E-state index contributed by atoms with van der Waals surface area (Å²) in [5.41, 5.74) is 0.336. The lowest BCUT2D eigenvalue weighted by molar-refractivity contribution is -0.680. The van der Waals surface area contributed by atoms with Crippen LogP contribution < -0.4 is 15.0 Å². The van der Waals surface area contributed by atoms with Crippen LogP contribution in [0.5, 0.6) is 5.75 Å². The predicted molar refractivity (Wildman–Crippen MR) is 64.3 cm³/mol. The summed E-state index contributed by atoms with van der Waals surface area (Å²) >= 11 is 3.14. The van der Waals surface area contributed by atoms with E-state index in [1.165, 1.54) is 4.68 Å². The lowest BCUT2D eigenvalue weighted by atomic mass is 10.3. The number of aromatic nitrogens is 2. The molecule has 0 saturated heterocycles. The Balaban J connectivity index is 2.23. The van der Waals surface area contributed by atoms with E-state index in [4.69, 9.17) is 4.74 Å². The molecule has 0 fully saturated rings. The Kier molecular flexibility index (Phi) is 3.63. The van der Waals surface area contributed by atoms with E-state index in [1.54, 1.807) is 0 Å². The van der Waals surface area contributed by atoms with Crippen molar-refractivity contribution in [1.82, 2.24) is 5.27 Å². The number of aromatic amines is 1. The van der Waals surface area contributed by atoms with Crippen LogP contribution >= 0.6 is 15.9 Å². The first-order valence-corrected chi connectivity index (χ1v) is 6.04. The third-order valence-corrected chi connectivity index (χ3v) is 2.84. The summed E-state index contributed by atoms with van der Waals surface area (Å²) in [6, 6.07) is 7.36. The van der Waals surface area contributed by atoms with E-state index in [0.717, 1.165) is 17.9 Å². The SMILES string of the molecule is CCCOc1ccc(-[n+]2[nH]oc(=O)c2Br)cc1. The van der Waals surface area contributed by atoms with Gasteiger partial charge in [0.25, 0.3) is 0 Å². The fraction of sp³-hybridized carbons (Fsp3) is 0.273. The highest BCUT2D eigenvalue weighted by Crippen LogP contribution is 2.12. The van der Waals surface area contributed by atoms with E-state index in [9.17, 15) is 4.79 Å². The second-order valence-electron chi connectivity index (χ2n) is 3.45. The molecular weight excluding hydrogens is 288 g/mol. The normalized spacial score (nSPS) is 10.5. The summed E-state index contributed by atoms with van der Waals surface area (Å²) < 4.78 is 11.9. The molecule has 0 amide bonds. The van der Waals surface area contributed by atoms with Gasteiger partial charge >= 0.3 is 10.2 Å². The molecule has 0 aliphatic rings. The van der Waals surface area contributed by atoms with Gasteiger partial charge in [0, 0.05) is 28.1 Å². The molecule has 17 heavy (non-hydrogen) atoms. The topological polar surface area (TPSA) is 59.1 Å². The Bertz CT molecular complexity index is 545. The highest BCUT2D eigenvalue weighted by Gasteiger charge is 2.19. The number of hydrogen-bond acceptors (Lipinski definition) is 3. The number of hydrogen-bond donors (Lipinski definition) is 1. The van der Waals surface area contributed by atoms with E-state index in [-0.39, 0.29) is 0 Å². The van der Waals surface area contributed by atoms with Gasteiger partial charge in [-0.3, -0.25) is 4.52 Å². The smallest absolute Gasteiger partial charge is 0.442 e. The molecule has 0 bridgehead atoms. The van der Waals surface area contributed by atoms with E-state index in [2.05, 4.69) is 32.6 Å². The minimum Gasteiger partial charge on any atom is -0.494 e. The summed E-state index contributed by atoms with van der Waals surface area (Å²) in [5, 5.41) is 2.49. The van der Waals surface area contributed by atoms with Gasteiger partial charge in [0.15, 0.2) is 0 Å². The van der Waals surface area contributed by atoms with Crippen molar-refractivity contribution in [2.24, 2.45) is 0 Å². The molecule has 1 heterocycles. The molecule has 0 radical (unpaired) electrons. The minimum absolute atomic E-state index is 0.319. The molecule has 1 aromatic carbocycles. The average molecular weight is 300 g/mol. The van der Waals surface area contributed by atoms with Crippen LogP contribution in [0.2, 0.25) is 0 Å². The zero-order valence-corrected chi connectivity index (χ0v) is 10.9. The second-order valence-corrected chi connectivity index (χ2v) is 4.20. The van der Waals surface area contributed by atoms with Crippen LogP contribution in [-0.2, 0) is 0 Å². The number of benzene rings is 1. The van der Waals surface area contributed by atoms with Crippen molar-refractivity contribution in [3.63, 3.8) is 0 Å². The quantitative estimate of drug-likeness (QED) is 0.876. The van der Waals surface area contributed by atoms with E-state index in [0.29, 0.717) is 11.2 Å². The predicted octanol–water partition coefficient (Wildman–Crippen LogP) is 1.80. The fourth-order valence-electron chi connectivity index (χ4n) is 1.34. The number of nitrogens with one attached hydrogen (secondary N) is 1. The first kappa shape index (κ1) is 11.9. The molecule has 2 rings (SSSR count). The summed E-state index contributed by atoms with van der Waals surface area (Å²) in [6.45, 7) is 2.75. The first-order valence-electron chi connectivity index (χ1n) is 5.24. The van der Waals surface area contributed by atoms with Crippen molar-refractivity contribution < 1.29 is 13.9 Å². The number of nitrogens with zero attached hydrogens (tertiary/aromatic N) is 1. The van der Waals surface area contributed by atoms with Crippen molar-refractivity contribution in [2.45, 2.75) is 13.3 Å². The van der Waals surface area contributed by atoms with Gasteiger partial charge in [0.2, 0.25) is 5.69 Å². The van der Waals surface area contributed by atoms with Crippen molar-refractivity contribution in [3.05, 3.63) is 39.3 Å². The standard InChI is InChI=1S/C11H11BrN2O3/c1-2-7-16-9-5-3-8(4-6-9)14-10(12)11(15)17-13-14/h3-6H,2,7H2,1H3/p+1. The summed E-state index contributed by atoms with van der Waals surface area (Å²) in [5.74, 6) is 0.804. The fourth-order valence-corrected chi connectivity index (χ4v) is 1.70. The van der Waals surface area contributed by atoms with Gasteiger partial charge in [0.1, 0.15) is 5.75 Å². The maximum Gasteiger partial charge on any atom is 0.442 e. The van der Waals surface area contributed by atoms with Gasteiger partial charge in [-0.05, 0) is 28.5 Å². The summed E-state index contributed by atoms with van der Waals surface area (Å²) in [7, 11) is 0. The van der Waals surface area contributed by atoms with Gasteiger partial charge in [-0.25, -0.2) is 4.79 Å². The number of rotatable bonds is 4. The van der Waals surface area contributed by atoms with Gasteiger partial charge in [-0.2, -0.15) is 0 Å². The minimum atomic E-state index is -0.448. The van der Waals surface area contributed by atoms with Gasteiger partial charge in [-0.1, -0.05) is 6.92 Å². The van der Waals surface area contributed by atoms with Crippen LogP contribution in [-0.4, -0.2) is 11.9 Å². The van der Waals surface area contributed by atoms with Crippen LogP contribution in [0.4, 0.5) is 0 Å². The molecule has 0 spiro atoms. The highest BCUT2D eigenvalue weighted by atomic mass is 79.9. The number of ether oxygens (including phenoxy) is 1. The molecule has 0 atom stereocenters. The molecule has 0 aliphatic carbocycles. The average Bonchev–Trinajstić information content (AvgIpc) is 2.68. The van der Waals surface area contributed by atoms with E-state index < -0.39 is 5.63 Å². The molecule has 1 aromatic heterocycles. The van der Waals surface area contributed by atoms with Crippen molar-refractivity contribution in [2.75, 3.05) is 6.61 Å². The Hall–Kier alpha value is -1.56. The molecular formula is C11H12BrN2O3+. The molecule has 2 aromatic rings. The Morgan fingerprint density at radius 1 is 1.41 bits per heavy atom. The third kappa shape index (κ3) is 2.58. The van der Waals surface area contributed by atoms with Crippen molar-refractivity contribution in [1.29, 1.82) is 0 Å². The monoisotopic (exact) mass is 299 g/mol. The zero-order chi connectivity index (χ0) is 12.3. The van der Waals surface area contributed by atoms with Crippen molar-refractivity contribution in [3.8, 4) is 11.4 Å². The van der Waals surface area contributed by atoms with Gasteiger partial charge in [-0.15, -0.1) is 0 Å². The first-order chi connectivity index (χ1) is 8.22. The van der Waals surface area contributed by atoms with Gasteiger partial charge in [0.05, 0.1) is 6.61 Å². The zero-order valence-electron chi connectivity index (χ0n) is 9.27. The highest BCUT2D eigenvalue weighted by molar-refractivity contribution is 9.10. The maximum absolute atomic E-state index is 11.1. The Morgan fingerprint density at radius 2 is 2.12 bits per heavy atom. The second kappa shape index (κ2) is 5.18. The molecule has 90 valence electrons. The van der Waals surface area contributed by atoms with Gasteiger partial charge < -0.3 is 4.74 Å². The lowest BCUT2D eigenvalue weighted by Gasteiger charge is -2.02. The molecule has 0 saturated carbocycles.